The Morgan fingerprint density at radius 1 is 0.967 bits per heavy atom. The van der Waals surface area contributed by atoms with E-state index in [0.717, 1.165) is 25.7 Å². The summed E-state index contributed by atoms with van der Waals surface area (Å²) in [4.78, 5) is 40.0. The molecule has 6 atom stereocenters. The molecule has 2 amide bonds. The third-order valence-electron chi connectivity index (χ3n) is 6.80. The Labute approximate surface area is 194 Å². The van der Waals surface area contributed by atoms with E-state index in [9.17, 15) is 14.4 Å². The maximum absolute atomic E-state index is 13.1. The SMILES string of the molecule is CCCCCCCC(=O)Oc1ccc(N2C(=O)[C@H]3[C@@H]4C[C@@H]([C@@H](Br)[C@H]4Br)[C@@H]3C2=O)cc1. The first kappa shape index (κ1) is 22.0. The van der Waals surface area contributed by atoms with Crippen LogP contribution in [0.4, 0.5) is 5.69 Å². The summed E-state index contributed by atoms with van der Waals surface area (Å²) >= 11 is 7.41. The summed E-state index contributed by atoms with van der Waals surface area (Å²) in [6, 6.07) is 6.71. The van der Waals surface area contributed by atoms with Crippen LogP contribution in [0.5, 0.6) is 5.75 Å². The Balaban J connectivity index is 1.37. The zero-order valence-electron chi connectivity index (χ0n) is 17.1. The topological polar surface area (TPSA) is 63.7 Å². The van der Waals surface area contributed by atoms with Crippen molar-refractivity contribution in [1.82, 2.24) is 0 Å². The quantitative estimate of drug-likeness (QED) is 0.149. The van der Waals surface area contributed by atoms with Gasteiger partial charge in [-0.1, -0.05) is 64.5 Å². The van der Waals surface area contributed by atoms with Crippen LogP contribution in [-0.4, -0.2) is 27.4 Å². The molecule has 5 nitrogen and oxygen atoms in total. The summed E-state index contributed by atoms with van der Waals surface area (Å²) in [5.41, 5.74) is 0.551. The Morgan fingerprint density at radius 2 is 1.53 bits per heavy atom. The van der Waals surface area contributed by atoms with Crippen molar-refractivity contribution in [2.75, 3.05) is 4.90 Å². The Morgan fingerprint density at radius 3 is 2.10 bits per heavy atom. The standard InChI is InChI=1S/C23H27Br2NO4/c1-2-3-4-5-6-7-17(27)30-14-10-8-13(9-11-14)26-22(28)18-15-12-16(19(18)23(26)29)21(25)20(15)24/h8-11,15-16,18-21H,2-7,12H2,1H3/t15-,16+,18-,19-,20-,21+/m0/s1. The lowest BCUT2D eigenvalue weighted by Crippen LogP contribution is -2.37. The number of benzene rings is 1. The number of imide groups is 1. The molecule has 30 heavy (non-hydrogen) atoms. The van der Waals surface area contributed by atoms with Crippen LogP contribution in [0.25, 0.3) is 0 Å². The summed E-state index contributed by atoms with van der Waals surface area (Å²) in [6.45, 7) is 2.16. The Kier molecular flexibility index (Phi) is 6.68. The van der Waals surface area contributed by atoms with E-state index in [0.29, 0.717) is 17.9 Å². The summed E-state index contributed by atoms with van der Waals surface area (Å²) in [7, 11) is 0. The molecule has 1 aromatic carbocycles. The van der Waals surface area contributed by atoms with Gasteiger partial charge in [-0.25, -0.2) is 0 Å². The van der Waals surface area contributed by atoms with Crippen molar-refractivity contribution in [3.63, 3.8) is 0 Å². The highest BCUT2D eigenvalue weighted by Crippen LogP contribution is 2.60. The van der Waals surface area contributed by atoms with Crippen LogP contribution in [0.3, 0.4) is 0 Å². The first-order chi connectivity index (χ1) is 14.4. The highest BCUT2D eigenvalue weighted by Gasteiger charge is 2.66. The van der Waals surface area contributed by atoms with Crippen LogP contribution in [0, 0.1) is 23.7 Å². The minimum atomic E-state index is -0.245. The average molecular weight is 541 g/mol. The summed E-state index contributed by atoms with van der Waals surface area (Å²) < 4.78 is 5.40. The van der Waals surface area contributed by atoms with Crippen LogP contribution >= 0.6 is 31.9 Å². The second-order valence-electron chi connectivity index (χ2n) is 8.65. The van der Waals surface area contributed by atoms with Crippen LogP contribution in [-0.2, 0) is 14.4 Å². The molecule has 1 aliphatic heterocycles. The number of halogens is 2. The number of ether oxygens (including phenoxy) is 1. The van der Waals surface area contributed by atoms with Crippen LogP contribution in [0.15, 0.2) is 24.3 Å². The largest absolute Gasteiger partial charge is 0.427 e. The monoisotopic (exact) mass is 539 g/mol. The average Bonchev–Trinajstić information content (AvgIpc) is 3.33. The van der Waals surface area contributed by atoms with E-state index < -0.39 is 0 Å². The first-order valence-corrected chi connectivity index (χ1v) is 12.7. The molecule has 162 valence electrons. The third-order valence-corrected chi connectivity index (χ3v) is 10.0. The highest BCUT2D eigenvalue weighted by atomic mass is 79.9. The van der Waals surface area contributed by atoms with Crippen molar-refractivity contribution in [2.45, 2.75) is 61.5 Å². The number of carbonyl (C=O) groups is 3. The molecular weight excluding hydrogens is 514 g/mol. The number of esters is 1. The molecule has 3 fully saturated rings. The molecule has 2 aliphatic carbocycles. The molecule has 2 saturated carbocycles. The number of alkyl halides is 2. The summed E-state index contributed by atoms with van der Waals surface area (Å²) in [5, 5.41) is 0. The Hall–Kier alpha value is -1.21. The number of rotatable bonds is 8. The zero-order chi connectivity index (χ0) is 21.4. The molecule has 1 heterocycles. The van der Waals surface area contributed by atoms with Gasteiger partial charge in [0.25, 0.3) is 0 Å². The number of carbonyl (C=O) groups excluding carboxylic acids is 3. The van der Waals surface area contributed by atoms with Gasteiger partial charge in [0.2, 0.25) is 11.8 Å². The van der Waals surface area contributed by atoms with Crippen molar-refractivity contribution in [2.24, 2.45) is 23.7 Å². The smallest absolute Gasteiger partial charge is 0.311 e. The van der Waals surface area contributed by atoms with E-state index >= 15 is 0 Å². The van der Waals surface area contributed by atoms with Gasteiger partial charge >= 0.3 is 5.97 Å². The van der Waals surface area contributed by atoms with E-state index in [1.807, 2.05) is 0 Å². The number of amides is 2. The number of fused-ring (bicyclic) bond motifs is 5. The van der Waals surface area contributed by atoms with Gasteiger partial charge in [-0.2, -0.15) is 0 Å². The van der Waals surface area contributed by atoms with Gasteiger partial charge in [-0.3, -0.25) is 19.3 Å². The second-order valence-corrected chi connectivity index (χ2v) is 10.8. The maximum atomic E-state index is 13.1. The Bertz CT molecular complexity index is 795. The van der Waals surface area contributed by atoms with Crippen molar-refractivity contribution >= 4 is 55.3 Å². The minimum absolute atomic E-state index is 0.0989. The lowest BCUT2D eigenvalue weighted by atomic mass is 9.81. The number of nitrogens with zero attached hydrogens (tertiary/aromatic N) is 1. The molecule has 1 saturated heterocycles. The lowest BCUT2D eigenvalue weighted by Gasteiger charge is -2.28. The number of unbranched alkanes of at least 4 members (excludes halogenated alkanes) is 4. The minimum Gasteiger partial charge on any atom is -0.427 e. The van der Waals surface area contributed by atoms with E-state index in [1.165, 1.54) is 17.7 Å². The molecule has 7 heteroatoms. The predicted octanol–water partition coefficient (Wildman–Crippen LogP) is 5.23. The van der Waals surface area contributed by atoms with Gasteiger partial charge in [-0.15, -0.1) is 0 Å². The molecule has 1 aromatic rings. The van der Waals surface area contributed by atoms with E-state index in [4.69, 9.17) is 4.74 Å². The van der Waals surface area contributed by atoms with Gasteiger partial charge in [0.1, 0.15) is 5.75 Å². The first-order valence-electron chi connectivity index (χ1n) is 10.9. The third kappa shape index (κ3) is 3.88. The molecule has 3 aliphatic rings. The van der Waals surface area contributed by atoms with E-state index in [2.05, 4.69) is 38.8 Å². The van der Waals surface area contributed by atoms with Crippen LogP contribution in [0.2, 0.25) is 0 Å². The summed E-state index contributed by atoms with van der Waals surface area (Å²) in [6.07, 6.45) is 6.71. The molecule has 0 radical (unpaired) electrons. The molecular formula is C23H27Br2NO4. The fourth-order valence-electron chi connectivity index (χ4n) is 5.32. The van der Waals surface area contributed by atoms with Crippen molar-refractivity contribution in [1.29, 1.82) is 0 Å². The van der Waals surface area contributed by atoms with Gasteiger partial charge < -0.3 is 4.74 Å². The van der Waals surface area contributed by atoms with Gasteiger partial charge in [0.05, 0.1) is 17.5 Å². The van der Waals surface area contributed by atoms with Crippen LogP contribution < -0.4 is 9.64 Å². The predicted molar refractivity (Wildman–Crippen MR) is 122 cm³/mol. The maximum Gasteiger partial charge on any atom is 0.311 e. The molecule has 0 spiro atoms. The lowest BCUT2D eigenvalue weighted by molar-refractivity contribution is -0.134. The normalized spacial score (nSPS) is 32.0. The van der Waals surface area contributed by atoms with Crippen molar-refractivity contribution in [3.05, 3.63) is 24.3 Å². The van der Waals surface area contributed by atoms with Gasteiger partial charge in [0, 0.05) is 16.1 Å². The second kappa shape index (κ2) is 9.11. The summed E-state index contributed by atoms with van der Waals surface area (Å²) in [5.74, 6) is -0.0667. The molecule has 2 bridgehead atoms. The molecule has 0 unspecified atom stereocenters. The van der Waals surface area contributed by atoms with E-state index in [1.54, 1.807) is 24.3 Å². The fraction of sp³-hybridized carbons (Fsp3) is 0.609. The molecule has 0 N–H and O–H groups in total. The van der Waals surface area contributed by atoms with Crippen LogP contribution in [0.1, 0.15) is 51.9 Å². The van der Waals surface area contributed by atoms with Gasteiger partial charge in [0.15, 0.2) is 0 Å². The zero-order valence-corrected chi connectivity index (χ0v) is 20.2. The van der Waals surface area contributed by atoms with Crippen molar-refractivity contribution in [3.8, 4) is 5.75 Å². The number of hydrogen-bond acceptors (Lipinski definition) is 4. The highest BCUT2D eigenvalue weighted by molar-refractivity contribution is 9.12. The number of anilines is 1. The molecule has 4 rings (SSSR count). The number of hydrogen-bond donors (Lipinski definition) is 0. The van der Waals surface area contributed by atoms with Gasteiger partial charge in [-0.05, 0) is 48.9 Å². The van der Waals surface area contributed by atoms with Crippen molar-refractivity contribution < 1.29 is 19.1 Å². The fourth-order valence-corrected chi connectivity index (χ4v) is 7.20. The van der Waals surface area contributed by atoms with E-state index in [-0.39, 0.29) is 51.1 Å². The molecule has 0 aromatic heterocycles.